The fraction of sp³-hybridized carbons (Fsp3) is 0.250. The summed E-state index contributed by atoms with van der Waals surface area (Å²) in [5.41, 5.74) is 3.05. The number of nitrogens with zero attached hydrogens (tertiary/aromatic N) is 1. The SMILES string of the molecule is CCn1cc(CCCNC(=O)c2ccc(F)cc2)c2ccccc21. The van der Waals surface area contributed by atoms with E-state index in [0.29, 0.717) is 12.1 Å². The van der Waals surface area contributed by atoms with Gasteiger partial charge in [0.2, 0.25) is 0 Å². The van der Waals surface area contributed by atoms with Crippen LogP contribution >= 0.6 is 0 Å². The summed E-state index contributed by atoms with van der Waals surface area (Å²) in [5.74, 6) is -0.496. The van der Waals surface area contributed by atoms with Gasteiger partial charge < -0.3 is 9.88 Å². The van der Waals surface area contributed by atoms with Gasteiger partial charge in [-0.2, -0.15) is 0 Å². The lowest BCUT2D eigenvalue weighted by atomic mass is 10.1. The van der Waals surface area contributed by atoms with Gasteiger partial charge in [0.25, 0.3) is 5.91 Å². The van der Waals surface area contributed by atoms with E-state index in [4.69, 9.17) is 0 Å². The average molecular weight is 324 g/mol. The lowest BCUT2D eigenvalue weighted by molar-refractivity contribution is 0.0953. The average Bonchev–Trinajstić information content (AvgIpc) is 2.97. The number of rotatable bonds is 6. The van der Waals surface area contributed by atoms with Crippen LogP contribution in [0.1, 0.15) is 29.3 Å². The van der Waals surface area contributed by atoms with Crippen molar-refractivity contribution < 1.29 is 9.18 Å². The Kier molecular flexibility index (Phi) is 4.94. The molecule has 0 aliphatic rings. The maximum Gasteiger partial charge on any atom is 0.251 e. The Hall–Kier alpha value is -2.62. The second-order valence-electron chi connectivity index (χ2n) is 5.82. The molecule has 1 aromatic heterocycles. The molecule has 1 N–H and O–H groups in total. The van der Waals surface area contributed by atoms with E-state index in [1.165, 1.54) is 40.7 Å². The maximum atomic E-state index is 12.9. The van der Waals surface area contributed by atoms with Gasteiger partial charge in [-0.25, -0.2) is 4.39 Å². The highest BCUT2D eigenvalue weighted by Gasteiger charge is 2.08. The van der Waals surface area contributed by atoms with Gasteiger partial charge in [-0.3, -0.25) is 4.79 Å². The predicted molar refractivity (Wildman–Crippen MR) is 94.7 cm³/mol. The van der Waals surface area contributed by atoms with Crippen molar-refractivity contribution in [1.29, 1.82) is 0 Å². The number of benzene rings is 2. The van der Waals surface area contributed by atoms with Gasteiger partial charge in [-0.05, 0) is 55.7 Å². The normalized spacial score (nSPS) is 10.9. The molecule has 0 unspecified atom stereocenters. The Morgan fingerprint density at radius 2 is 1.88 bits per heavy atom. The van der Waals surface area contributed by atoms with Crippen LogP contribution in [0.25, 0.3) is 10.9 Å². The monoisotopic (exact) mass is 324 g/mol. The number of hydrogen-bond donors (Lipinski definition) is 1. The molecule has 3 nitrogen and oxygen atoms in total. The van der Waals surface area contributed by atoms with E-state index < -0.39 is 0 Å². The Balaban J connectivity index is 1.57. The molecule has 0 spiro atoms. The molecule has 4 heteroatoms. The third kappa shape index (κ3) is 3.48. The van der Waals surface area contributed by atoms with E-state index in [2.05, 4.69) is 47.3 Å². The molecule has 124 valence electrons. The summed E-state index contributed by atoms with van der Waals surface area (Å²) in [4.78, 5) is 12.0. The molecule has 1 heterocycles. The summed E-state index contributed by atoms with van der Waals surface area (Å²) in [6, 6.07) is 14.0. The third-order valence-corrected chi connectivity index (χ3v) is 4.23. The minimum absolute atomic E-state index is 0.161. The second kappa shape index (κ2) is 7.30. The zero-order valence-corrected chi connectivity index (χ0v) is 13.8. The molecule has 0 atom stereocenters. The number of amides is 1. The predicted octanol–water partition coefficient (Wildman–Crippen LogP) is 4.16. The van der Waals surface area contributed by atoms with Gasteiger partial charge in [-0.15, -0.1) is 0 Å². The lowest BCUT2D eigenvalue weighted by Crippen LogP contribution is -2.24. The molecule has 0 saturated carbocycles. The fourth-order valence-electron chi connectivity index (χ4n) is 2.97. The molecule has 1 amide bonds. The topological polar surface area (TPSA) is 34.0 Å². The number of aromatic nitrogens is 1. The highest BCUT2D eigenvalue weighted by atomic mass is 19.1. The van der Waals surface area contributed by atoms with Crippen LogP contribution in [-0.4, -0.2) is 17.0 Å². The molecule has 2 aromatic carbocycles. The van der Waals surface area contributed by atoms with Crippen LogP contribution in [0, 0.1) is 5.82 Å². The molecule has 0 aliphatic heterocycles. The van der Waals surface area contributed by atoms with Crippen LogP contribution in [0.2, 0.25) is 0 Å². The zero-order chi connectivity index (χ0) is 16.9. The molecule has 3 aromatic rings. The molecule has 3 rings (SSSR count). The van der Waals surface area contributed by atoms with E-state index in [1.807, 2.05) is 0 Å². The van der Waals surface area contributed by atoms with Crippen LogP contribution < -0.4 is 5.32 Å². The Morgan fingerprint density at radius 1 is 1.12 bits per heavy atom. The minimum atomic E-state index is -0.334. The first-order valence-corrected chi connectivity index (χ1v) is 8.29. The van der Waals surface area contributed by atoms with Crippen molar-refractivity contribution in [2.45, 2.75) is 26.3 Å². The summed E-state index contributed by atoms with van der Waals surface area (Å²) in [6.07, 6.45) is 3.98. The molecular weight excluding hydrogens is 303 g/mol. The van der Waals surface area contributed by atoms with E-state index in [0.717, 1.165) is 19.4 Å². The summed E-state index contributed by atoms with van der Waals surface area (Å²) in [5, 5.41) is 4.17. The van der Waals surface area contributed by atoms with Gasteiger partial charge in [-0.1, -0.05) is 18.2 Å². The van der Waals surface area contributed by atoms with Gasteiger partial charge in [0.15, 0.2) is 0 Å². The van der Waals surface area contributed by atoms with Crippen LogP contribution in [0.3, 0.4) is 0 Å². The number of para-hydroxylation sites is 1. The number of carbonyl (C=O) groups excluding carboxylic acids is 1. The zero-order valence-electron chi connectivity index (χ0n) is 13.8. The van der Waals surface area contributed by atoms with Crippen molar-refractivity contribution in [2.24, 2.45) is 0 Å². The molecule has 0 bridgehead atoms. The highest BCUT2D eigenvalue weighted by molar-refractivity contribution is 5.94. The first-order chi connectivity index (χ1) is 11.7. The van der Waals surface area contributed by atoms with Gasteiger partial charge in [0.1, 0.15) is 5.82 Å². The molecular formula is C20H21FN2O. The number of halogens is 1. The summed E-state index contributed by atoms with van der Waals surface area (Å²) >= 11 is 0. The molecule has 0 saturated heterocycles. The van der Waals surface area contributed by atoms with E-state index in [-0.39, 0.29) is 11.7 Å². The number of carbonyl (C=O) groups is 1. The quantitative estimate of drug-likeness (QED) is 0.679. The van der Waals surface area contributed by atoms with Crippen molar-refractivity contribution >= 4 is 16.8 Å². The van der Waals surface area contributed by atoms with Crippen LogP contribution in [0.5, 0.6) is 0 Å². The summed E-state index contributed by atoms with van der Waals surface area (Å²) < 4.78 is 15.1. The minimum Gasteiger partial charge on any atom is -0.352 e. The Labute approximate surface area is 141 Å². The summed E-state index contributed by atoms with van der Waals surface area (Å²) in [6.45, 7) is 3.68. The summed E-state index contributed by atoms with van der Waals surface area (Å²) in [7, 11) is 0. The Bertz CT molecular complexity index is 836. The lowest BCUT2D eigenvalue weighted by Gasteiger charge is -2.05. The van der Waals surface area contributed by atoms with E-state index in [1.54, 1.807) is 0 Å². The van der Waals surface area contributed by atoms with Crippen molar-refractivity contribution in [2.75, 3.05) is 6.54 Å². The van der Waals surface area contributed by atoms with Crippen molar-refractivity contribution in [3.63, 3.8) is 0 Å². The van der Waals surface area contributed by atoms with Crippen LogP contribution in [-0.2, 0) is 13.0 Å². The van der Waals surface area contributed by atoms with Crippen molar-refractivity contribution in [3.05, 3.63) is 71.7 Å². The van der Waals surface area contributed by atoms with Gasteiger partial charge >= 0.3 is 0 Å². The molecule has 0 aliphatic carbocycles. The first-order valence-electron chi connectivity index (χ1n) is 8.29. The van der Waals surface area contributed by atoms with Crippen molar-refractivity contribution in [1.82, 2.24) is 9.88 Å². The molecule has 24 heavy (non-hydrogen) atoms. The van der Waals surface area contributed by atoms with E-state index >= 15 is 0 Å². The smallest absolute Gasteiger partial charge is 0.251 e. The van der Waals surface area contributed by atoms with Gasteiger partial charge in [0.05, 0.1) is 0 Å². The fourth-order valence-corrected chi connectivity index (χ4v) is 2.97. The van der Waals surface area contributed by atoms with Gasteiger partial charge in [0, 0.05) is 35.8 Å². The number of fused-ring (bicyclic) bond motifs is 1. The standard InChI is InChI=1S/C20H21FN2O/c1-2-23-14-16(18-7-3-4-8-19(18)23)6-5-13-22-20(24)15-9-11-17(21)12-10-15/h3-4,7-12,14H,2,5-6,13H2,1H3,(H,22,24). The largest absolute Gasteiger partial charge is 0.352 e. The van der Waals surface area contributed by atoms with E-state index in [9.17, 15) is 9.18 Å². The number of hydrogen-bond acceptors (Lipinski definition) is 1. The highest BCUT2D eigenvalue weighted by Crippen LogP contribution is 2.22. The van der Waals surface area contributed by atoms with Crippen molar-refractivity contribution in [3.8, 4) is 0 Å². The Morgan fingerprint density at radius 3 is 2.62 bits per heavy atom. The molecule has 0 radical (unpaired) electrons. The maximum absolute atomic E-state index is 12.9. The second-order valence-corrected chi connectivity index (χ2v) is 5.82. The number of nitrogens with one attached hydrogen (secondary N) is 1. The first kappa shape index (κ1) is 16.2. The van der Waals surface area contributed by atoms with Crippen LogP contribution in [0.15, 0.2) is 54.7 Å². The number of aryl methyl sites for hydroxylation is 2. The molecule has 0 fully saturated rings. The van der Waals surface area contributed by atoms with Crippen LogP contribution in [0.4, 0.5) is 4.39 Å². The third-order valence-electron chi connectivity index (χ3n) is 4.23.